The summed E-state index contributed by atoms with van der Waals surface area (Å²) in [5, 5.41) is 20.3. The second-order valence-corrected chi connectivity index (χ2v) is 9.29. The zero-order chi connectivity index (χ0) is 22.2. The smallest absolute Gasteiger partial charge is 0.264 e. The molecule has 0 unspecified atom stereocenters. The Morgan fingerprint density at radius 2 is 1.97 bits per heavy atom. The predicted octanol–water partition coefficient (Wildman–Crippen LogP) is 4.26. The SMILES string of the molecule is C[C@@H](O)c1ncc(Cl)c(CC(=O)N2CC[C@H]3[C@H]([C@H](O)C(F)F)CCC[C@@H]3[C@@H]2C)c1Cl. The Labute approximate surface area is 185 Å². The summed E-state index contributed by atoms with van der Waals surface area (Å²) in [6.45, 7) is 3.92. The third-order valence-electron chi connectivity index (χ3n) is 6.83. The number of carbonyl (C=O) groups is 1. The number of aliphatic hydroxyl groups excluding tert-OH is 2. The van der Waals surface area contributed by atoms with Crippen LogP contribution in [0, 0.1) is 17.8 Å². The number of piperidine rings is 1. The molecule has 2 N–H and O–H groups in total. The van der Waals surface area contributed by atoms with Gasteiger partial charge in [-0.05, 0) is 50.9 Å². The van der Waals surface area contributed by atoms with Crippen molar-refractivity contribution < 1.29 is 23.8 Å². The van der Waals surface area contributed by atoms with E-state index in [-0.39, 0.29) is 45.9 Å². The maximum Gasteiger partial charge on any atom is 0.264 e. The number of hydrogen-bond donors (Lipinski definition) is 2. The minimum atomic E-state index is -2.75. The molecular formula is C21H28Cl2F2N2O3. The van der Waals surface area contributed by atoms with E-state index >= 15 is 0 Å². The predicted molar refractivity (Wildman–Crippen MR) is 111 cm³/mol. The Balaban J connectivity index is 1.76. The molecule has 0 bridgehead atoms. The third-order valence-corrected chi connectivity index (χ3v) is 7.57. The highest BCUT2D eigenvalue weighted by atomic mass is 35.5. The number of aromatic nitrogens is 1. The number of halogens is 4. The Hall–Kier alpha value is -1.02. The van der Waals surface area contributed by atoms with Crippen molar-refractivity contribution in [2.75, 3.05) is 6.54 Å². The third kappa shape index (κ3) is 4.59. The summed E-state index contributed by atoms with van der Waals surface area (Å²) in [6, 6.07) is -0.125. The summed E-state index contributed by atoms with van der Waals surface area (Å²) in [5.74, 6) is -0.520. The molecule has 168 valence electrons. The van der Waals surface area contributed by atoms with Crippen molar-refractivity contribution in [3.05, 3.63) is 27.5 Å². The Morgan fingerprint density at radius 3 is 2.60 bits per heavy atom. The lowest BCUT2D eigenvalue weighted by atomic mass is 9.64. The molecule has 0 aromatic carbocycles. The standard InChI is InChI=1S/C21H28Cl2F2N2O3/c1-10-12-4-3-5-14(20(30)21(24)25)13(12)6-7-27(10)17(29)8-15-16(22)9-26-19(11(2)28)18(15)23/h9-14,20-21,28,30H,3-8H2,1-2H3/t10-,11+,12+,13+,14+,20-/m0/s1. The summed E-state index contributed by atoms with van der Waals surface area (Å²) in [5.41, 5.74) is 0.699. The monoisotopic (exact) mass is 464 g/mol. The first-order chi connectivity index (χ1) is 14.1. The lowest BCUT2D eigenvalue weighted by Crippen LogP contribution is -2.55. The van der Waals surface area contributed by atoms with E-state index in [0.717, 1.165) is 12.8 Å². The molecule has 2 fully saturated rings. The molecule has 9 heteroatoms. The van der Waals surface area contributed by atoms with Crippen LogP contribution in [0.25, 0.3) is 0 Å². The van der Waals surface area contributed by atoms with Gasteiger partial charge in [0.2, 0.25) is 5.91 Å². The second-order valence-electron chi connectivity index (χ2n) is 8.50. The molecule has 0 radical (unpaired) electrons. The van der Waals surface area contributed by atoms with Gasteiger partial charge in [-0.25, -0.2) is 8.78 Å². The van der Waals surface area contributed by atoms with E-state index in [0.29, 0.717) is 24.9 Å². The highest BCUT2D eigenvalue weighted by Crippen LogP contribution is 2.45. The van der Waals surface area contributed by atoms with E-state index in [1.807, 2.05) is 6.92 Å². The van der Waals surface area contributed by atoms with Gasteiger partial charge < -0.3 is 15.1 Å². The quantitative estimate of drug-likeness (QED) is 0.682. The first-order valence-corrected chi connectivity index (χ1v) is 11.2. The zero-order valence-corrected chi connectivity index (χ0v) is 18.6. The van der Waals surface area contributed by atoms with Crippen molar-refractivity contribution in [1.29, 1.82) is 0 Å². The molecular weight excluding hydrogens is 437 g/mol. The number of pyridine rings is 1. The lowest BCUT2D eigenvalue weighted by Gasteiger charge is -2.50. The van der Waals surface area contributed by atoms with Crippen molar-refractivity contribution in [2.45, 2.75) is 70.6 Å². The van der Waals surface area contributed by atoms with Gasteiger partial charge in [-0.1, -0.05) is 29.6 Å². The summed E-state index contributed by atoms with van der Waals surface area (Å²) in [6.07, 6.45) is -1.09. The van der Waals surface area contributed by atoms with Crippen LogP contribution in [0.3, 0.4) is 0 Å². The van der Waals surface area contributed by atoms with Crippen molar-refractivity contribution >= 4 is 29.1 Å². The molecule has 5 nitrogen and oxygen atoms in total. The number of alkyl halides is 2. The molecule has 1 aromatic rings. The van der Waals surface area contributed by atoms with Crippen LogP contribution in [0.15, 0.2) is 6.20 Å². The Bertz CT molecular complexity index is 781. The molecule has 3 rings (SSSR count). The second kappa shape index (κ2) is 9.63. The number of nitrogens with zero attached hydrogens (tertiary/aromatic N) is 2. The van der Waals surface area contributed by atoms with Crippen molar-refractivity contribution in [3.63, 3.8) is 0 Å². The van der Waals surface area contributed by atoms with Gasteiger partial charge in [0.05, 0.1) is 28.3 Å². The summed E-state index contributed by atoms with van der Waals surface area (Å²) in [7, 11) is 0. The number of hydrogen-bond acceptors (Lipinski definition) is 4. The highest BCUT2D eigenvalue weighted by Gasteiger charge is 2.46. The van der Waals surface area contributed by atoms with Crippen LogP contribution in [-0.4, -0.2) is 51.1 Å². The fourth-order valence-electron chi connectivity index (χ4n) is 5.27. The first-order valence-electron chi connectivity index (χ1n) is 10.4. The molecule has 30 heavy (non-hydrogen) atoms. The van der Waals surface area contributed by atoms with Gasteiger partial charge in [0.25, 0.3) is 6.43 Å². The minimum absolute atomic E-state index is 0.0169. The largest absolute Gasteiger partial charge is 0.387 e. The van der Waals surface area contributed by atoms with E-state index in [2.05, 4.69) is 4.98 Å². The number of aliphatic hydroxyl groups is 2. The first kappa shape index (κ1) is 23.6. The zero-order valence-electron chi connectivity index (χ0n) is 17.1. The number of rotatable bonds is 5. The number of fused-ring (bicyclic) bond motifs is 1. The van der Waals surface area contributed by atoms with Crippen molar-refractivity contribution in [2.24, 2.45) is 17.8 Å². The van der Waals surface area contributed by atoms with Crippen LogP contribution in [0.4, 0.5) is 8.78 Å². The Morgan fingerprint density at radius 1 is 1.27 bits per heavy atom. The average molecular weight is 465 g/mol. The van der Waals surface area contributed by atoms with E-state index in [4.69, 9.17) is 23.2 Å². The van der Waals surface area contributed by atoms with Crippen molar-refractivity contribution in [3.8, 4) is 0 Å². The molecule has 1 amide bonds. The molecule has 0 spiro atoms. The fourth-order valence-corrected chi connectivity index (χ4v) is 5.91. The normalized spacial score (nSPS) is 28.9. The number of carbonyl (C=O) groups excluding carboxylic acids is 1. The van der Waals surface area contributed by atoms with Crippen LogP contribution in [0.5, 0.6) is 0 Å². The van der Waals surface area contributed by atoms with Gasteiger partial charge >= 0.3 is 0 Å². The van der Waals surface area contributed by atoms with Gasteiger partial charge in [-0.15, -0.1) is 0 Å². The van der Waals surface area contributed by atoms with Crippen LogP contribution in [0.2, 0.25) is 10.0 Å². The molecule has 1 saturated heterocycles. The fraction of sp³-hybridized carbons (Fsp3) is 0.714. The Kier molecular flexibility index (Phi) is 7.59. The summed E-state index contributed by atoms with van der Waals surface area (Å²) >= 11 is 12.6. The maximum absolute atomic E-state index is 13.1. The van der Waals surface area contributed by atoms with Crippen LogP contribution in [0.1, 0.15) is 56.9 Å². The van der Waals surface area contributed by atoms with Gasteiger partial charge in [0, 0.05) is 24.3 Å². The minimum Gasteiger partial charge on any atom is -0.387 e. The molecule has 6 atom stereocenters. The van der Waals surface area contributed by atoms with Crippen LogP contribution < -0.4 is 0 Å². The van der Waals surface area contributed by atoms with Gasteiger partial charge in [0.15, 0.2) is 0 Å². The summed E-state index contributed by atoms with van der Waals surface area (Å²) in [4.78, 5) is 18.9. The number of amides is 1. The van der Waals surface area contributed by atoms with Gasteiger partial charge in [-0.3, -0.25) is 9.78 Å². The highest BCUT2D eigenvalue weighted by molar-refractivity contribution is 6.36. The van der Waals surface area contributed by atoms with E-state index in [9.17, 15) is 23.8 Å². The van der Waals surface area contributed by atoms with Crippen LogP contribution >= 0.6 is 23.2 Å². The topological polar surface area (TPSA) is 73.7 Å². The molecule has 1 saturated carbocycles. The van der Waals surface area contributed by atoms with E-state index in [1.165, 1.54) is 13.1 Å². The molecule has 1 aromatic heterocycles. The van der Waals surface area contributed by atoms with Crippen LogP contribution in [-0.2, 0) is 11.2 Å². The summed E-state index contributed by atoms with van der Waals surface area (Å²) < 4.78 is 26.2. The van der Waals surface area contributed by atoms with Gasteiger partial charge in [-0.2, -0.15) is 0 Å². The van der Waals surface area contributed by atoms with Crippen molar-refractivity contribution in [1.82, 2.24) is 9.88 Å². The molecule has 1 aliphatic heterocycles. The van der Waals surface area contributed by atoms with E-state index < -0.39 is 24.6 Å². The number of likely N-dealkylation sites (tertiary alicyclic amines) is 1. The molecule has 2 aliphatic rings. The lowest BCUT2D eigenvalue weighted by molar-refractivity contribution is -0.141. The molecule has 1 aliphatic carbocycles. The molecule has 2 heterocycles. The van der Waals surface area contributed by atoms with Gasteiger partial charge in [0.1, 0.15) is 6.10 Å². The average Bonchev–Trinajstić information content (AvgIpc) is 2.70. The maximum atomic E-state index is 13.1. The van der Waals surface area contributed by atoms with E-state index in [1.54, 1.807) is 4.90 Å².